The molecule has 0 fully saturated rings. The standard InChI is InChI=1S/C18H19N3/c1-12-7-3-4-8-14(12)13(2)21-18-15-9-5-6-10-17(15)20-11-16(18)19/h3-11,13H,19H2,1-2H3,(H,20,21). The van der Waals surface area contributed by atoms with Crippen molar-refractivity contribution in [2.75, 3.05) is 11.1 Å². The molecule has 3 aromatic rings. The normalized spacial score (nSPS) is 12.3. The number of nitrogens with two attached hydrogens (primary N) is 1. The molecule has 0 spiro atoms. The fourth-order valence-corrected chi connectivity index (χ4v) is 2.68. The summed E-state index contributed by atoms with van der Waals surface area (Å²) in [6.07, 6.45) is 1.72. The van der Waals surface area contributed by atoms with Crippen LogP contribution in [0.1, 0.15) is 24.1 Å². The van der Waals surface area contributed by atoms with Gasteiger partial charge in [-0.2, -0.15) is 0 Å². The molecule has 0 bridgehead atoms. The van der Waals surface area contributed by atoms with Gasteiger partial charge in [0.25, 0.3) is 0 Å². The molecule has 21 heavy (non-hydrogen) atoms. The largest absolute Gasteiger partial charge is 0.396 e. The smallest absolute Gasteiger partial charge is 0.0743 e. The fraction of sp³-hybridized carbons (Fsp3) is 0.167. The van der Waals surface area contributed by atoms with E-state index in [4.69, 9.17) is 5.73 Å². The van der Waals surface area contributed by atoms with Crippen LogP contribution in [0.15, 0.2) is 54.7 Å². The molecule has 0 aliphatic rings. The number of aryl methyl sites for hydroxylation is 1. The van der Waals surface area contributed by atoms with Crippen LogP contribution in [0.4, 0.5) is 11.4 Å². The number of benzene rings is 2. The zero-order chi connectivity index (χ0) is 14.8. The summed E-state index contributed by atoms with van der Waals surface area (Å²) in [6, 6.07) is 16.6. The van der Waals surface area contributed by atoms with Crippen molar-refractivity contribution in [2.24, 2.45) is 0 Å². The number of nitrogens with zero attached hydrogens (tertiary/aromatic N) is 1. The van der Waals surface area contributed by atoms with Crippen LogP contribution in [-0.2, 0) is 0 Å². The van der Waals surface area contributed by atoms with Gasteiger partial charge in [0, 0.05) is 11.4 Å². The van der Waals surface area contributed by atoms with Gasteiger partial charge in [-0.1, -0.05) is 42.5 Å². The average molecular weight is 277 g/mol. The predicted octanol–water partition coefficient (Wildman–Crippen LogP) is 4.30. The third kappa shape index (κ3) is 2.55. The van der Waals surface area contributed by atoms with E-state index < -0.39 is 0 Å². The number of nitrogens with one attached hydrogen (secondary N) is 1. The Labute approximate surface area is 124 Å². The average Bonchev–Trinajstić information content (AvgIpc) is 2.50. The molecule has 0 aliphatic heterocycles. The maximum Gasteiger partial charge on any atom is 0.0743 e. The summed E-state index contributed by atoms with van der Waals surface area (Å²) in [5.74, 6) is 0. The quantitative estimate of drug-likeness (QED) is 0.750. The van der Waals surface area contributed by atoms with Gasteiger partial charge in [0.1, 0.15) is 0 Å². The van der Waals surface area contributed by atoms with Gasteiger partial charge in [-0.3, -0.25) is 4.98 Å². The molecule has 106 valence electrons. The van der Waals surface area contributed by atoms with Crippen LogP contribution < -0.4 is 11.1 Å². The summed E-state index contributed by atoms with van der Waals surface area (Å²) in [5.41, 5.74) is 11.3. The third-order valence-electron chi connectivity index (χ3n) is 3.82. The molecule has 3 nitrogen and oxygen atoms in total. The molecule has 0 radical (unpaired) electrons. The van der Waals surface area contributed by atoms with E-state index in [1.807, 2.05) is 24.3 Å². The lowest BCUT2D eigenvalue weighted by Gasteiger charge is -2.20. The van der Waals surface area contributed by atoms with Crippen LogP contribution in [-0.4, -0.2) is 4.98 Å². The van der Waals surface area contributed by atoms with Crippen LogP contribution >= 0.6 is 0 Å². The number of pyridine rings is 1. The molecule has 3 heteroatoms. The molecule has 1 aromatic heterocycles. The molecule has 1 atom stereocenters. The molecule has 1 heterocycles. The summed E-state index contributed by atoms with van der Waals surface area (Å²) in [7, 11) is 0. The zero-order valence-corrected chi connectivity index (χ0v) is 12.3. The number of anilines is 2. The number of para-hydroxylation sites is 1. The highest BCUT2D eigenvalue weighted by Crippen LogP contribution is 2.31. The first kappa shape index (κ1) is 13.4. The molecule has 2 aromatic carbocycles. The Morgan fingerprint density at radius 2 is 1.76 bits per heavy atom. The van der Waals surface area contributed by atoms with E-state index in [0.717, 1.165) is 16.6 Å². The number of hydrogen-bond acceptors (Lipinski definition) is 3. The first-order chi connectivity index (χ1) is 10.2. The van der Waals surface area contributed by atoms with Crippen molar-refractivity contribution < 1.29 is 0 Å². The molecular formula is C18H19N3. The summed E-state index contributed by atoms with van der Waals surface area (Å²) < 4.78 is 0. The van der Waals surface area contributed by atoms with Gasteiger partial charge in [-0.15, -0.1) is 0 Å². The second-order valence-corrected chi connectivity index (χ2v) is 5.33. The van der Waals surface area contributed by atoms with Crippen LogP contribution in [0.2, 0.25) is 0 Å². The van der Waals surface area contributed by atoms with Gasteiger partial charge >= 0.3 is 0 Å². The topological polar surface area (TPSA) is 50.9 Å². The van der Waals surface area contributed by atoms with Crippen molar-refractivity contribution in [3.8, 4) is 0 Å². The van der Waals surface area contributed by atoms with E-state index in [-0.39, 0.29) is 6.04 Å². The Morgan fingerprint density at radius 1 is 1.05 bits per heavy atom. The van der Waals surface area contributed by atoms with Crippen molar-refractivity contribution in [1.29, 1.82) is 0 Å². The number of rotatable bonds is 3. The Balaban J connectivity index is 2.02. The van der Waals surface area contributed by atoms with Crippen molar-refractivity contribution >= 4 is 22.3 Å². The molecular weight excluding hydrogens is 258 g/mol. The lowest BCUT2D eigenvalue weighted by atomic mass is 10.0. The van der Waals surface area contributed by atoms with Crippen molar-refractivity contribution in [2.45, 2.75) is 19.9 Å². The van der Waals surface area contributed by atoms with E-state index in [1.165, 1.54) is 11.1 Å². The van der Waals surface area contributed by atoms with Gasteiger partial charge in [-0.25, -0.2) is 0 Å². The maximum absolute atomic E-state index is 6.13. The molecule has 1 unspecified atom stereocenters. The monoisotopic (exact) mass is 277 g/mol. The third-order valence-corrected chi connectivity index (χ3v) is 3.82. The Kier molecular flexibility index (Phi) is 3.48. The fourth-order valence-electron chi connectivity index (χ4n) is 2.68. The highest BCUT2D eigenvalue weighted by atomic mass is 14.9. The van der Waals surface area contributed by atoms with Crippen molar-refractivity contribution in [3.63, 3.8) is 0 Å². The molecule has 0 amide bonds. The summed E-state index contributed by atoms with van der Waals surface area (Å²) in [5, 5.41) is 4.60. The van der Waals surface area contributed by atoms with Crippen LogP contribution in [0.5, 0.6) is 0 Å². The van der Waals surface area contributed by atoms with E-state index >= 15 is 0 Å². The lowest BCUT2D eigenvalue weighted by Crippen LogP contribution is -2.10. The van der Waals surface area contributed by atoms with Crippen LogP contribution in [0, 0.1) is 6.92 Å². The predicted molar refractivity (Wildman–Crippen MR) is 89.4 cm³/mol. The first-order valence-corrected chi connectivity index (χ1v) is 7.12. The second kappa shape index (κ2) is 5.44. The van der Waals surface area contributed by atoms with Gasteiger partial charge in [0.05, 0.1) is 23.1 Å². The van der Waals surface area contributed by atoms with Gasteiger partial charge in [-0.05, 0) is 31.0 Å². The van der Waals surface area contributed by atoms with Gasteiger partial charge in [0.2, 0.25) is 0 Å². The van der Waals surface area contributed by atoms with Crippen molar-refractivity contribution in [1.82, 2.24) is 4.98 Å². The zero-order valence-electron chi connectivity index (χ0n) is 12.3. The Hall–Kier alpha value is -2.55. The minimum Gasteiger partial charge on any atom is -0.396 e. The Morgan fingerprint density at radius 3 is 2.57 bits per heavy atom. The summed E-state index contributed by atoms with van der Waals surface area (Å²) >= 11 is 0. The number of aromatic nitrogens is 1. The van der Waals surface area contributed by atoms with E-state index in [2.05, 4.69) is 48.4 Å². The summed E-state index contributed by atoms with van der Waals surface area (Å²) in [6.45, 7) is 4.28. The van der Waals surface area contributed by atoms with E-state index in [9.17, 15) is 0 Å². The second-order valence-electron chi connectivity index (χ2n) is 5.33. The minimum absolute atomic E-state index is 0.180. The Bertz CT molecular complexity index is 780. The van der Waals surface area contributed by atoms with E-state index in [1.54, 1.807) is 6.20 Å². The SMILES string of the molecule is Cc1ccccc1C(C)Nc1c(N)cnc2ccccc12. The number of nitrogen functional groups attached to an aromatic ring is 1. The first-order valence-electron chi connectivity index (χ1n) is 7.12. The maximum atomic E-state index is 6.13. The number of fused-ring (bicyclic) bond motifs is 1. The van der Waals surface area contributed by atoms with Gasteiger partial charge < -0.3 is 11.1 Å². The van der Waals surface area contributed by atoms with Crippen molar-refractivity contribution in [3.05, 3.63) is 65.9 Å². The highest BCUT2D eigenvalue weighted by molar-refractivity contribution is 5.97. The molecule has 0 aliphatic carbocycles. The number of hydrogen-bond donors (Lipinski definition) is 2. The van der Waals surface area contributed by atoms with Crippen LogP contribution in [0.25, 0.3) is 10.9 Å². The molecule has 3 rings (SSSR count). The lowest BCUT2D eigenvalue weighted by molar-refractivity contribution is 0.876. The van der Waals surface area contributed by atoms with Gasteiger partial charge in [0.15, 0.2) is 0 Å². The molecule has 3 N–H and O–H groups in total. The highest BCUT2D eigenvalue weighted by Gasteiger charge is 2.12. The van der Waals surface area contributed by atoms with Crippen LogP contribution in [0.3, 0.4) is 0 Å². The van der Waals surface area contributed by atoms with E-state index in [0.29, 0.717) is 5.69 Å². The molecule has 0 saturated heterocycles. The minimum atomic E-state index is 0.180. The molecule has 0 saturated carbocycles. The summed E-state index contributed by atoms with van der Waals surface area (Å²) in [4.78, 5) is 4.37.